The van der Waals surface area contributed by atoms with Gasteiger partial charge in [-0.1, -0.05) is 36.4 Å². The number of thiophene rings is 1. The van der Waals surface area contributed by atoms with Crippen molar-refractivity contribution in [1.82, 2.24) is 15.1 Å². The van der Waals surface area contributed by atoms with Gasteiger partial charge in [0.1, 0.15) is 6.04 Å². The molecule has 3 amide bonds. The summed E-state index contributed by atoms with van der Waals surface area (Å²) in [6.07, 6.45) is 2.72. The lowest BCUT2D eigenvalue weighted by Crippen LogP contribution is -2.41. The molecule has 6 heteroatoms. The van der Waals surface area contributed by atoms with E-state index in [0.717, 1.165) is 24.9 Å². The van der Waals surface area contributed by atoms with Crippen LogP contribution < -0.4 is 5.32 Å². The number of urea groups is 1. The number of rotatable bonds is 5. The Kier molecular flexibility index (Phi) is 4.55. The van der Waals surface area contributed by atoms with E-state index in [-0.39, 0.29) is 11.9 Å². The maximum Gasteiger partial charge on any atom is 0.325 e. The standard InChI is InChI=1S/C19H21N3O2S/c23-18-15(12-14-6-2-1-3-7-14)20-19(24)22(18)13-21-10-4-8-16(21)17-9-5-11-25-17/h1-3,5-7,9,11,15-16H,4,8,10,12-13H2,(H,20,24). The highest BCUT2D eigenvalue weighted by Gasteiger charge is 2.40. The molecule has 0 aliphatic carbocycles. The zero-order valence-corrected chi connectivity index (χ0v) is 14.7. The molecule has 2 aromatic rings. The van der Waals surface area contributed by atoms with Gasteiger partial charge in [-0.05, 0) is 29.9 Å². The van der Waals surface area contributed by atoms with Crippen LogP contribution in [0.1, 0.15) is 29.3 Å². The Morgan fingerprint density at radius 3 is 2.72 bits per heavy atom. The van der Waals surface area contributed by atoms with Crippen molar-refractivity contribution in [2.45, 2.75) is 31.3 Å². The number of nitrogens with zero attached hydrogens (tertiary/aromatic N) is 2. The summed E-state index contributed by atoms with van der Waals surface area (Å²) in [4.78, 5) is 30.0. The number of carbonyl (C=O) groups is 2. The summed E-state index contributed by atoms with van der Waals surface area (Å²) in [5, 5.41) is 4.92. The van der Waals surface area contributed by atoms with Crippen molar-refractivity contribution in [3.63, 3.8) is 0 Å². The van der Waals surface area contributed by atoms with Crippen molar-refractivity contribution in [1.29, 1.82) is 0 Å². The molecule has 5 nitrogen and oxygen atoms in total. The molecule has 2 fully saturated rings. The van der Waals surface area contributed by atoms with Gasteiger partial charge in [0.05, 0.1) is 6.67 Å². The van der Waals surface area contributed by atoms with Gasteiger partial charge in [-0.3, -0.25) is 9.69 Å². The SMILES string of the molecule is O=C1NC(Cc2ccccc2)C(=O)N1CN1CCCC1c1cccs1. The van der Waals surface area contributed by atoms with Crippen molar-refractivity contribution in [2.75, 3.05) is 13.2 Å². The van der Waals surface area contributed by atoms with Crippen LogP contribution >= 0.6 is 11.3 Å². The second-order valence-electron chi connectivity index (χ2n) is 6.59. The number of amides is 3. The monoisotopic (exact) mass is 355 g/mol. The average Bonchev–Trinajstić information content (AvgIpc) is 3.34. The topological polar surface area (TPSA) is 52.7 Å². The van der Waals surface area contributed by atoms with E-state index in [2.05, 4.69) is 27.7 Å². The van der Waals surface area contributed by atoms with Gasteiger partial charge >= 0.3 is 6.03 Å². The first kappa shape index (κ1) is 16.3. The summed E-state index contributed by atoms with van der Waals surface area (Å²) >= 11 is 1.74. The average molecular weight is 355 g/mol. The van der Waals surface area contributed by atoms with E-state index in [1.165, 1.54) is 9.78 Å². The molecular formula is C19H21N3O2S. The van der Waals surface area contributed by atoms with Gasteiger partial charge in [0.2, 0.25) is 0 Å². The van der Waals surface area contributed by atoms with Gasteiger partial charge in [0.25, 0.3) is 5.91 Å². The van der Waals surface area contributed by atoms with Crippen molar-refractivity contribution in [3.8, 4) is 0 Å². The maximum absolute atomic E-state index is 12.7. The summed E-state index contributed by atoms with van der Waals surface area (Å²) in [5.41, 5.74) is 1.06. The van der Waals surface area contributed by atoms with Crippen LogP contribution in [0.5, 0.6) is 0 Å². The lowest BCUT2D eigenvalue weighted by atomic mass is 10.1. The van der Waals surface area contributed by atoms with E-state index in [9.17, 15) is 9.59 Å². The molecule has 1 aromatic carbocycles. The Balaban J connectivity index is 1.44. The predicted molar refractivity (Wildman–Crippen MR) is 97.2 cm³/mol. The van der Waals surface area contributed by atoms with E-state index in [4.69, 9.17) is 0 Å². The zero-order chi connectivity index (χ0) is 17.2. The van der Waals surface area contributed by atoms with Crippen molar-refractivity contribution in [2.24, 2.45) is 0 Å². The molecule has 1 aromatic heterocycles. The van der Waals surface area contributed by atoms with Crippen LogP contribution in [-0.2, 0) is 11.2 Å². The Morgan fingerprint density at radius 1 is 1.12 bits per heavy atom. The minimum absolute atomic E-state index is 0.120. The first-order valence-corrected chi connectivity index (χ1v) is 9.53. The van der Waals surface area contributed by atoms with E-state index >= 15 is 0 Å². The predicted octanol–water partition coefficient (Wildman–Crippen LogP) is 3.01. The Labute approximate surface area is 151 Å². The van der Waals surface area contributed by atoms with Crippen LogP contribution in [0.15, 0.2) is 47.8 Å². The van der Waals surface area contributed by atoms with Crippen LogP contribution in [0.3, 0.4) is 0 Å². The first-order valence-electron chi connectivity index (χ1n) is 8.65. The Hall–Kier alpha value is -2.18. The number of carbonyl (C=O) groups excluding carboxylic acids is 2. The van der Waals surface area contributed by atoms with Crippen LogP contribution in [-0.4, -0.2) is 41.0 Å². The number of hydrogen-bond acceptors (Lipinski definition) is 4. The molecule has 130 valence electrons. The third-order valence-corrected chi connectivity index (χ3v) is 5.92. The molecule has 0 bridgehead atoms. The zero-order valence-electron chi connectivity index (χ0n) is 13.9. The Bertz CT molecular complexity index is 747. The van der Waals surface area contributed by atoms with Gasteiger partial charge in [-0.25, -0.2) is 9.69 Å². The summed E-state index contributed by atoms with van der Waals surface area (Å²) in [5.74, 6) is -0.120. The molecule has 2 atom stereocenters. The molecule has 1 N–H and O–H groups in total. The highest BCUT2D eigenvalue weighted by Crippen LogP contribution is 2.34. The van der Waals surface area contributed by atoms with E-state index in [1.54, 1.807) is 11.3 Å². The molecule has 2 saturated heterocycles. The first-order chi connectivity index (χ1) is 12.2. The highest BCUT2D eigenvalue weighted by atomic mass is 32.1. The number of benzene rings is 1. The number of nitrogens with one attached hydrogen (secondary N) is 1. The number of imide groups is 1. The minimum atomic E-state index is -0.460. The summed E-state index contributed by atoms with van der Waals surface area (Å²) in [6, 6.07) is 13.6. The minimum Gasteiger partial charge on any atom is -0.325 e. The third-order valence-electron chi connectivity index (χ3n) is 4.95. The quantitative estimate of drug-likeness (QED) is 0.839. The van der Waals surface area contributed by atoms with E-state index < -0.39 is 6.04 Å². The summed E-state index contributed by atoms with van der Waals surface area (Å²) < 4.78 is 0. The van der Waals surface area contributed by atoms with Crippen LogP contribution in [0.2, 0.25) is 0 Å². The van der Waals surface area contributed by atoms with E-state index in [1.807, 2.05) is 30.3 Å². The van der Waals surface area contributed by atoms with Crippen molar-refractivity contribution in [3.05, 3.63) is 58.3 Å². The van der Waals surface area contributed by atoms with Gasteiger partial charge in [-0.15, -0.1) is 11.3 Å². The van der Waals surface area contributed by atoms with Crippen LogP contribution in [0.4, 0.5) is 4.79 Å². The molecule has 2 unspecified atom stereocenters. The fourth-order valence-corrected chi connectivity index (χ4v) is 4.57. The molecular weight excluding hydrogens is 334 g/mol. The molecule has 2 aliphatic heterocycles. The molecule has 0 spiro atoms. The maximum atomic E-state index is 12.7. The largest absolute Gasteiger partial charge is 0.325 e. The lowest BCUT2D eigenvalue weighted by molar-refractivity contribution is -0.129. The van der Waals surface area contributed by atoms with Crippen LogP contribution in [0, 0.1) is 0 Å². The normalized spacial score (nSPS) is 24.1. The van der Waals surface area contributed by atoms with Crippen LogP contribution in [0.25, 0.3) is 0 Å². The number of hydrogen-bond donors (Lipinski definition) is 1. The van der Waals surface area contributed by atoms with Gasteiger partial charge in [0, 0.05) is 23.9 Å². The van der Waals surface area contributed by atoms with Gasteiger partial charge < -0.3 is 5.32 Å². The molecule has 0 radical (unpaired) electrons. The Morgan fingerprint density at radius 2 is 1.96 bits per heavy atom. The second-order valence-corrected chi connectivity index (χ2v) is 7.56. The molecule has 2 aliphatic rings. The van der Waals surface area contributed by atoms with Gasteiger partial charge in [-0.2, -0.15) is 0 Å². The lowest BCUT2D eigenvalue weighted by Gasteiger charge is -2.27. The van der Waals surface area contributed by atoms with Crippen molar-refractivity contribution < 1.29 is 9.59 Å². The fourth-order valence-electron chi connectivity index (χ4n) is 3.68. The summed E-state index contributed by atoms with van der Waals surface area (Å²) in [6.45, 7) is 1.29. The number of likely N-dealkylation sites (tertiary alicyclic amines) is 1. The molecule has 0 saturated carbocycles. The smallest absolute Gasteiger partial charge is 0.325 e. The van der Waals surface area contributed by atoms with Crippen molar-refractivity contribution >= 4 is 23.3 Å². The van der Waals surface area contributed by atoms with E-state index in [0.29, 0.717) is 19.1 Å². The van der Waals surface area contributed by atoms with Gasteiger partial charge in [0.15, 0.2) is 0 Å². The fraction of sp³-hybridized carbons (Fsp3) is 0.368. The second kappa shape index (κ2) is 6.98. The molecule has 4 rings (SSSR count). The molecule has 3 heterocycles. The summed E-state index contributed by atoms with van der Waals surface area (Å²) in [7, 11) is 0. The third kappa shape index (κ3) is 3.32. The molecule has 25 heavy (non-hydrogen) atoms. The highest BCUT2D eigenvalue weighted by molar-refractivity contribution is 7.10.